The summed E-state index contributed by atoms with van der Waals surface area (Å²) in [5.74, 6) is -4.03. The fourth-order valence-corrected chi connectivity index (χ4v) is 3.01. The lowest BCUT2D eigenvalue weighted by Crippen LogP contribution is -2.63. The molecule has 2 aromatic rings. The predicted octanol–water partition coefficient (Wildman–Crippen LogP) is 3.51. The van der Waals surface area contributed by atoms with Crippen molar-refractivity contribution in [1.29, 1.82) is 0 Å². The summed E-state index contributed by atoms with van der Waals surface area (Å²) < 4.78 is 56.1. The van der Waals surface area contributed by atoms with Gasteiger partial charge in [-0.1, -0.05) is 49.4 Å². The molecule has 0 spiro atoms. The molecule has 9 heteroatoms. The van der Waals surface area contributed by atoms with Crippen LogP contribution in [0.1, 0.15) is 29.3 Å². The molecule has 152 valence electrons. The van der Waals surface area contributed by atoms with Crippen LogP contribution in [0.5, 0.6) is 0 Å². The highest BCUT2D eigenvalue weighted by Gasteiger charge is 2.67. The molecular formula is C20H17F4N3O2. The Morgan fingerprint density at radius 3 is 2.31 bits per heavy atom. The summed E-state index contributed by atoms with van der Waals surface area (Å²) in [5.41, 5.74) is -3.86. The summed E-state index contributed by atoms with van der Waals surface area (Å²) >= 11 is 0. The van der Waals surface area contributed by atoms with Crippen LogP contribution in [0.2, 0.25) is 0 Å². The third-order valence-corrected chi connectivity index (χ3v) is 4.39. The van der Waals surface area contributed by atoms with Gasteiger partial charge in [0, 0.05) is 12.1 Å². The average molecular weight is 407 g/mol. The van der Waals surface area contributed by atoms with Crippen molar-refractivity contribution in [2.24, 2.45) is 4.99 Å². The lowest BCUT2D eigenvalue weighted by Gasteiger charge is -2.29. The maximum Gasteiger partial charge on any atom is 0.442 e. The van der Waals surface area contributed by atoms with Crippen LogP contribution in [0, 0.1) is 5.82 Å². The summed E-state index contributed by atoms with van der Waals surface area (Å²) in [7, 11) is 0. The summed E-state index contributed by atoms with van der Waals surface area (Å²) in [5, 5.41) is 1.64. The number of aliphatic imine (C=N–C) groups is 1. The smallest absolute Gasteiger partial charge is 0.312 e. The quantitative estimate of drug-likeness (QED) is 0.771. The highest BCUT2D eigenvalue weighted by molar-refractivity contribution is 6.16. The van der Waals surface area contributed by atoms with E-state index in [4.69, 9.17) is 0 Å². The van der Waals surface area contributed by atoms with E-state index in [0.29, 0.717) is 12.0 Å². The number of alkyl halides is 3. The molecule has 29 heavy (non-hydrogen) atoms. The van der Waals surface area contributed by atoms with Gasteiger partial charge in [-0.2, -0.15) is 13.2 Å². The van der Waals surface area contributed by atoms with Gasteiger partial charge in [0.15, 0.2) is 0 Å². The molecule has 0 saturated heterocycles. The molecule has 1 N–H and O–H groups in total. The van der Waals surface area contributed by atoms with E-state index in [1.165, 1.54) is 24.3 Å². The van der Waals surface area contributed by atoms with E-state index < -0.39 is 35.0 Å². The Kier molecular flexibility index (Phi) is 5.41. The first-order chi connectivity index (χ1) is 13.7. The zero-order chi connectivity index (χ0) is 21.2. The predicted molar refractivity (Wildman–Crippen MR) is 97.6 cm³/mol. The van der Waals surface area contributed by atoms with Gasteiger partial charge >= 0.3 is 11.8 Å². The van der Waals surface area contributed by atoms with Gasteiger partial charge in [-0.25, -0.2) is 9.38 Å². The minimum atomic E-state index is -5.24. The minimum absolute atomic E-state index is 0.0278. The number of halogens is 4. The largest absolute Gasteiger partial charge is 0.442 e. The Labute approximate surface area is 164 Å². The molecule has 1 heterocycles. The molecule has 2 aromatic carbocycles. The van der Waals surface area contributed by atoms with Crippen molar-refractivity contribution >= 4 is 17.6 Å². The van der Waals surface area contributed by atoms with Gasteiger partial charge in [0.2, 0.25) is 0 Å². The topological polar surface area (TPSA) is 61.8 Å². The number of nitrogens with one attached hydrogen (secondary N) is 1. The number of rotatable bonds is 5. The number of hydrogen-bond donors (Lipinski definition) is 1. The molecular weight excluding hydrogens is 390 g/mol. The number of amides is 2. The molecule has 2 amide bonds. The molecule has 1 aliphatic rings. The first kappa shape index (κ1) is 20.5. The zero-order valence-electron chi connectivity index (χ0n) is 15.3. The molecule has 0 aromatic heterocycles. The Morgan fingerprint density at radius 1 is 1.10 bits per heavy atom. The molecule has 1 unspecified atom stereocenters. The lowest BCUT2D eigenvalue weighted by atomic mass is 10.1. The third-order valence-electron chi connectivity index (χ3n) is 4.39. The SMILES string of the molecule is CCCN1C(=O)C(NC(=O)c2ccccc2F)(C(F)(F)F)N=C1c1ccccc1. The number of carbonyl (C=O) groups is 2. The van der Waals surface area contributed by atoms with E-state index in [1.54, 1.807) is 30.4 Å². The Hall–Kier alpha value is -3.23. The molecule has 1 atom stereocenters. The first-order valence-electron chi connectivity index (χ1n) is 8.82. The highest BCUT2D eigenvalue weighted by atomic mass is 19.4. The fourth-order valence-electron chi connectivity index (χ4n) is 3.01. The van der Waals surface area contributed by atoms with Gasteiger partial charge in [-0.15, -0.1) is 0 Å². The van der Waals surface area contributed by atoms with Crippen molar-refractivity contribution in [3.8, 4) is 0 Å². The second kappa shape index (κ2) is 7.65. The van der Waals surface area contributed by atoms with Crippen molar-refractivity contribution in [2.75, 3.05) is 6.54 Å². The van der Waals surface area contributed by atoms with Gasteiger partial charge in [0.25, 0.3) is 11.8 Å². The Bertz CT molecular complexity index is 960. The van der Waals surface area contributed by atoms with E-state index in [-0.39, 0.29) is 12.4 Å². The standard InChI is InChI=1S/C20H17F4N3O2/c1-2-12-27-16(13-8-4-3-5-9-13)25-19(18(27)29,20(22,23)24)26-17(28)14-10-6-7-11-15(14)21/h3-11H,2,12H2,1H3,(H,26,28). The average Bonchev–Trinajstić information content (AvgIpc) is 2.96. The van der Waals surface area contributed by atoms with Crippen LogP contribution >= 0.6 is 0 Å². The van der Waals surface area contributed by atoms with Gasteiger partial charge < -0.3 is 5.32 Å². The first-order valence-corrected chi connectivity index (χ1v) is 8.82. The van der Waals surface area contributed by atoms with E-state index >= 15 is 0 Å². The van der Waals surface area contributed by atoms with Crippen LogP contribution < -0.4 is 5.32 Å². The maximum atomic E-state index is 14.1. The maximum absolute atomic E-state index is 14.1. The van der Waals surface area contributed by atoms with Crippen molar-refractivity contribution in [1.82, 2.24) is 10.2 Å². The lowest BCUT2D eigenvalue weighted by molar-refractivity contribution is -0.196. The molecule has 0 aliphatic carbocycles. The second-order valence-electron chi connectivity index (χ2n) is 6.40. The van der Waals surface area contributed by atoms with Crippen LogP contribution in [0.25, 0.3) is 0 Å². The molecule has 1 aliphatic heterocycles. The van der Waals surface area contributed by atoms with Crippen molar-refractivity contribution < 1.29 is 27.2 Å². The van der Waals surface area contributed by atoms with Crippen molar-refractivity contribution in [3.63, 3.8) is 0 Å². The molecule has 5 nitrogen and oxygen atoms in total. The van der Waals surface area contributed by atoms with Crippen LogP contribution in [0.15, 0.2) is 59.6 Å². The molecule has 3 rings (SSSR count). The van der Waals surface area contributed by atoms with E-state index in [9.17, 15) is 27.2 Å². The van der Waals surface area contributed by atoms with E-state index in [2.05, 4.69) is 4.99 Å². The molecule has 0 bridgehead atoms. The van der Waals surface area contributed by atoms with Crippen LogP contribution in [-0.2, 0) is 4.79 Å². The Balaban J connectivity index is 2.11. The molecule has 0 radical (unpaired) electrons. The van der Waals surface area contributed by atoms with Gasteiger partial charge in [-0.05, 0) is 18.6 Å². The summed E-state index contributed by atoms with van der Waals surface area (Å²) in [4.78, 5) is 29.9. The van der Waals surface area contributed by atoms with Crippen molar-refractivity contribution in [2.45, 2.75) is 25.2 Å². The number of carbonyl (C=O) groups excluding carboxylic acids is 2. The van der Waals surface area contributed by atoms with Gasteiger partial charge in [0.1, 0.15) is 11.7 Å². The summed E-state index contributed by atoms with van der Waals surface area (Å²) in [6.45, 7) is 1.67. The number of amidine groups is 1. The number of nitrogens with zero attached hydrogens (tertiary/aromatic N) is 2. The fraction of sp³-hybridized carbons (Fsp3) is 0.250. The van der Waals surface area contributed by atoms with Gasteiger partial charge in [0.05, 0.1) is 5.56 Å². The summed E-state index contributed by atoms with van der Waals surface area (Å²) in [6.07, 6.45) is -4.87. The third kappa shape index (κ3) is 3.59. The summed E-state index contributed by atoms with van der Waals surface area (Å²) in [6, 6.07) is 12.4. The molecule has 0 fully saturated rings. The Morgan fingerprint density at radius 2 is 1.72 bits per heavy atom. The van der Waals surface area contributed by atoms with Gasteiger partial charge in [-0.3, -0.25) is 14.5 Å². The highest BCUT2D eigenvalue weighted by Crippen LogP contribution is 2.38. The zero-order valence-corrected chi connectivity index (χ0v) is 15.3. The van der Waals surface area contributed by atoms with E-state index in [0.717, 1.165) is 17.0 Å². The minimum Gasteiger partial charge on any atom is -0.312 e. The van der Waals surface area contributed by atoms with Crippen LogP contribution in [0.3, 0.4) is 0 Å². The normalized spacial score (nSPS) is 19.3. The number of benzene rings is 2. The van der Waals surface area contributed by atoms with Crippen LogP contribution in [-0.4, -0.2) is 40.9 Å². The number of hydrogen-bond acceptors (Lipinski definition) is 3. The van der Waals surface area contributed by atoms with Crippen molar-refractivity contribution in [3.05, 3.63) is 71.5 Å². The monoisotopic (exact) mass is 407 g/mol. The second-order valence-corrected chi connectivity index (χ2v) is 6.40. The van der Waals surface area contributed by atoms with E-state index in [1.807, 2.05) is 0 Å². The molecule has 0 saturated carbocycles. The van der Waals surface area contributed by atoms with Crippen LogP contribution in [0.4, 0.5) is 17.6 Å².